The molecule has 4 aromatic rings. The summed E-state index contributed by atoms with van der Waals surface area (Å²) < 4.78 is 36.4. The van der Waals surface area contributed by atoms with Crippen LogP contribution in [0.1, 0.15) is 90.6 Å². The average molecular weight is 707 g/mol. The number of nitrogen functional groups attached to an aromatic ring is 1. The molecular weight excluding hydrogens is 665 g/mol. The van der Waals surface area contributed by atoms with Gasteiger partial charge in [0, 0.05) is 24.8 Å². The second-order valence-corrected chi connectivity index (χ2v) is 12.0. The highest BCUT2D eigenvalue weighted by Gasteiger charge is 2.39. The van der Waals surface area contributed by atoms with Crippen molar-refractivity contribution in [2.45, 2.75) is 76.0 Å². The zero-order chi connectivity index (χ0) is 35.6. The SMILES string of the molecule is C.NNC(=O)c1cnc(NC2(c3ccccc3)CCCC2)nc1.O=C(NNC(=O)C(F)(F)F)c1cnc(NC2(c3ccccc3)CCCC2)nc1. The topological polar surface area (TPSA) is 189 Å². The lowest BCUT2D eigenvalue weighted by atomic mass is 9.88. The van der Waals surface area contributed by atoms with E-state index < -0.39 is 23.9 Å². The number of hydrogen-bond acceptors (Lipinski definition) is 10. The Bertz CT molecular complexity index is 1730. The molecule has 0 radical (unpaired) electrons. The molecule has 0 bridgehead atoms. The van der Waals surface area contributed by atoms with Gasteiger partial charge in [0.15, 0.2) is 0 Å². The summed E-state index contributed by atoms with van der Waals surface area (Å²) >= 11 is 0. The predicted molar refractivity (Wildman–Crippen MR) is 185 cm³/mol. The number of aromatic nitrogens is 4. The highest BCUT2D eigenvalue weighted by atomic mass is 19.4. The molecule has 2 saturated carbocycles. The summed E-state index contributed by atoms with van der Waals surface area (Å²) in [5, 5.41) is 6.80. The number of rotatable bonds is 8. The van der Waals surface area contributed by atoms with Gasteiger partial charge in [-0.1, -0.05) is 93.8 Å². The first-order valence-electron chi connectivity index (χ1n) is 16.0. The molecule has 7 N–H and O–H groups in total. The van der Waals surface area contributed by atoms with Crippen LogP contribution >= 0.6 is 0 Å². The van der Waals surface area contributed by atoms with Crippen LogP contribution < -0.4 is 32.8 Å². The molecule has 2 fully saturated rings. The van der Waals surface area contributed by atoms with E-state index in [0.29, 0.717) is 17.5 Å². The standard InChI is InChI=1S/C18H18F3N5O2.C16H19N5O.CH4/c19-18(20,21)15(28)26-25-14(27)12-10-22-16(23-11-12)24-17(8-4-5-9-17)13-6-2-1-3-7-13;17-21-14(22)12-10-18-15(19-11-12)20-16(8-4-5-9-16)13-6-2-1-3-7-13;/h1-3,6-7,10-11H,4-5,8-9H2,(H,25,27)(H,26,28)(H,22,23,24);1-3,6-7,10-11H,4-5,8-9,17H2,(H,21,22)(H,18,19,20);1H4. The van der Waals surface area contributed by atoms with Gasteiger partial charge >= 0.3 is 12.1 Å². The van der Waals surface area contributed by atoms with Crippen LogP contribution in [-0.4, -0.2) is 43.8 Å². The second kappa shape index (κ2) is 16.8. The molecular formula is C35H41F3N10O3. The van der Waals surface area contributed by atoms with Crippen LogP contribution in [-0.2, 0) is 15.9 Å². The van der Waals surface area contributed by atoms with Crippen LogP contribution in [0.2, 0.25) is 0 Å². The molecule has 2 aliphatic rings. The number of nitrogens with two attached hydrogens (primary N) is 1. The molecule has 51 heavy (non-hydrogen) atoms. The van der Waals surface area contributed by atoms with E-state index in [9.17, 15) is 27.6 Å². The fraction of sp³-hybridized carbons (Fsp3) is 0.343. The maximum absolute atomic E-state index is 12.1. The van der Waals surface area contributed by atoms with Gasteiger partial charge in [-0.15, -0.1) is 0 Å². The van der Waals surface area contributed by atoms with Crippen LogP contribution in [0.4, 0.5) is 25.1 Å². The Morgan fingerprint density at radius 3 is 1.33 bits per heavy atom. The summed E-state index contributed by atoms with van der Waals surface area (Å²) in [6.07, 6.45) is 8.60. The number of nitrogens with zero attached hydrogens (tertiary/aromatic N) is 4. The first-order valence-corrected chi connectivity index (χ1v) is 16.0. The highest BCUT2D eigenvalue weighted by Crippen LogP contribution is 2.42. The van der Waals surface area contributed by atoms with Crippen molar-refractivity contribution in [3.63, 3.8) is 0 Å². The Labute approximate surface area is 293 Å². The van der Waals surface area contributed by atoms with Crippen LogP contribution in [0.5, 0.6) is 0 Å². The predicted octanol–water partition coefficient (Wildman–Crippen LogP) is 5.28. The number of nitrogens with one attached hydrogen (secondary N) is 5. The minimum absolute atomic E-state index is 0. The van der Waals surface area contributed by atoms with Gasteiger partial charge in [-0.05, 0) is 36.8 Å². The van der Waals surface area contributed by atoms with Crippen molar-refractivity contribution < 1.29 is 27.6 Å². The summed E-state index contributed by atoms with van der Waals surface area (Å²) in [6, 6.07) is 20.3. The van der Waals surface area contributed by atoms with E-state index in [1.165, 1.54) is 48.6 Å². The van der Waals surface area contributed by atoms with Gasteiger partial charge < -0.3 is 10.6 Å². The van der Waals surface area contributed by atoms with Crippen molar-refractivity contribution in [2.24, 2.45) is 5.84 Å². The molecule has 270 valence electrons. The Balaban J connectivity index is 0.000000230. The molecule has 0 aliphatic heterocycles. The highest BCUT2D eigenvalue weighted by molar-refractivity contribution is 5.95. The second-order valence-electron chi connectivity index (χ2n) is 12.0. The summed E-state index contributed by atoms with van der Waals surface area (Å²) in [7, 11) is 0. The maximum atomic E-state index is 12.1. The molecule has 2 aromatic heterocycles. The Morgan fingerprint density at radius 1 is 0.608 bits per heavy atom. The number of alkyl halides is 3. The lowest BCUT2D eigenvalue weighted by Gasteiger charge is -2.31. The Hall–Kier alpha value is -5.64. The zero-order valence-corrected chi connectivity index (χ0v) is 27.0. The average Bonchev–Trinajstić information content (AvgIpc) is 3.83. The summed E-state index contributed by atoms with van der Waals surface area (Å²) in [4.78, 5) is 50.6. The molecule has 3 amide bonds. The first kappa shape index (κ1) is 38.2. The lowest BCUT2D eigenvalue weighted by Crippen LogP contribution is -2.47. The number of hydrazine groups is 2. The smallest absolute Gasteiger partial charge is 0.345 e. The number of hydrogen-bond donors (Lipinski definition) is 6. The molecule has 2 aliphatic carbocycles. The number of benzene rings is 2. The fourth-order valence-corrected chi connectivity index (χ4v) is 6.23. The van der Waals surface area contributed by atoms with Gasteiger partial charge in [0.25, 0.3) is 11.8 Å². The number of halogens is 3. The van der Waals surface area contributed by atoms with E-state index in [2.05, 4.69) is 48.1 Å². The summed E-state index contributed by atoms with van der Waals surface area (Å²) in [6.45, 7) is 0. The fourth-order valence-electron chi connectivity index (χ4n) is 6.23. The van der Waals surface area contributed by atoms with E-state index in [1.54, 1.807) is 5.43 Å². The quantitative estimate of drug-likeness (QED) is 0.0799. The minimum atomic E-state index is -5.09. The van der Waals surface area contributed by atoms with Crippen molar-refractivity contribution in [3.05, 3.63) is 108 Å². The third-order valence-corrected chi connectivity index (χ3v) is 8.78. The van der Waals surface area contributed by atoms with Crippen molar-refractivity contribution in [3.8, 4) is 0 Å². The molecule has 6 rings (SSSR count). The zero-order valence-electron chi connectivity index (χ0n) is 27.0. The number of amides is 3. The van der Waals surface area contributed by atoms with Crippen LogP contribution in [0, 0.1) is 0 Å². The Kier molecular flexibility index (Phi) is 12.6. The monoisotopic (exact) mass is 706 g/mol. The molecule has 16 heteroatoms. The molecule has 0 unspecified atom stereocenters. The minimum Gasteiger partial charge on any atom is -0.345 e. The van der Waals surface area contributed by atoms with Gasteiger partial charge in [0.05, 0.1) is 22.2 Å². The van der Waals surface area contributed by atoms with Crippen molar-refractivity contribution >= 4 is 29.6 Å². The van der Waals surface area contributed by atoms with Crippen molar-refractivity contribution in [1.82, 2.24) is 36.2 Å². The number of carbonyl (C=O) groups is 3. The van der Waals surface area contributed by atoms with Crippen LogP contribution in [0.15, 0.2) is 85.5 Å². The van der Waals surface area contributed by atoms with Gasteiger partial charge in [-0.3, -0.25) is 30.7 Å². The number of carbonyl (C=O) groups excluding carboxylic acids is 3. The third-order valence-electron chi connectivity index (χ3n) is 8.78. The lowest BCUT2D eigenvalue weighted by molar-refractivity contribution is -0.174. The molecule has 0 spiro atoms. The summed E-state index contributed by atoms with van der Waals surface area (Å²) in [5.74, 6) is 2.31. The Morgan fingerprint density at radius 2 is 0.980 bits per heavy atom. The molecule has 0 atom stereocenters. The first-order chi connectivity index (χ1) is 24.0. The van der Waals surface area contributed by atoms with Gasteiger partial charge in [0.2, 0.25) is 11.9 Å². The molecule has 0 saturated heterocycles. The van der Waals surface area contributed by atoms with Crippen molar-refractivity contribution in [1.29, 1.82) is 0 Å². The van der Waals surface area contributed by atoms with E-state index in [-0.39, 0.29) is 24.1 Å². The van der Waals surface area contributed by atoms with E-state index in [4.69, 9.17) is 5.84 Å². The third kappa shape index (κ3) is 9.54. The van der Waals surface area contributed by atoms with Crippen LogP contribution in [0.25, 0.3) is 0 Å². The van der Waals surface area contributed by atoms with E-state index >= 15 is 0 Å². The normalized spacial score (nSPS) is 15.6. The summed E-state index contributed by atoms with van der Waals surface area (Å²) in [5.41, 5.74) is 7.22. The van der Waals surface area contributed by atoms with E-state index in [1.807, 2.05) is 48.5 Å². The van der Waals surface area contributed by atoms with Crippen molar-refractivity contribution in [2.75, 3.05) is 10.6 Å². The maximum Gasteiger partial charge on any atom is 0.472 e. The largest absolute Gasteiger partial charge is 0.472 e. The molecule has 13 nitrogen and oxygen atoms in total. The molecule has 2 heterocycles. The van der Waals surface area contributed by atoms with Crippen LogP contribution in [0.3, 0.4) is 0 Å². The van der Waals surface area contributed by atoms with E-state index in [0.717, 1.165) is 44.1 Å². The number of anilines is 2. The van der Waals surface area contributed by atoms with Gasteiger partial charge in [-0.2, -0.15) is 13.2 Å². The van der Waals surface area contributed by atoms with Gasteiger partial charge in [0.1, 0.15) is 0 Å². The van der Waals surface area contributed by atoms with Gasteiger partial charge in [-0.25, -0.2) is 25.8 Å². The molecule has 2 aromatic carbocycles.